The number of benzene rings is 10. The summed E-state index contributed by atoms with van der Waals surface area (Å²) < 4.78 is 15.7. The van der Waals surface area contributed by atoms with E-state index in [4.69, 9.17) is 8.83 Å². The fourth-order valence-corrected chi connectivity index (χ4v) is 13.4. The smallest absolute Gasteiger partial charge is 0.252 e. The van der Waals surface area contributed by atoms with Crippen molar-refractivity contribution < 1.29 is 8.83 Å². The second-order valence-corrected chi connectivity index (χ2v) is 23.6. The van der Waals surface area contributed by atoms with E-state index in [9.17, 15) is 0 Å². The molecule has 0 bridgehead atoms. The van der Waals surface area contributed by atoms with E-state index in [0.717, 1.165) is 95.1 Å². The standard InChI is InChI=1S/C68H52BN3O2S/c1-67(2,3)41-22-26-43(27-23-41)71-55-17-13-18-56-65(55)69(54-34-36-61-64(50-16-8-11-20-59(50)74-61)66(54)72(56)44-28-24-42(25-29-44)68(4,5)6)53-33-30-47(40-57(53)71)70(45-31-35-60-51(38-45)48-14-7-10-19-58(48)73-60)46-32-37-63-52(39-46)49-15-9-12-21-62(49)75-63/h7-40H,1-6H3. The van der Waals surface area contributed by atoms with E-state index in [0.29, 0.717) is 0 Å². The van der Waals surface area contributed by atoms with Crippen molar-refractivity contribution in [1.82, 2.24) is 0 Å². The number of hydrogen-bond acceptors (Lipinski definition) is 6. The van der Waals surface area contributed by atoms with Crippen LogP contribution in [0.4, 0.5) is 51.2 Å². The van der Waals surface area contributed by atoms with Crippen LogP contribution in [0.25, 0.3) is 64.0 Å². The van der Waals surface area contributed by atoms with E-state index >= 15 is 0 Å². The number of fused-ring (bicyclic) bond motifs is 14. The Morgan fingerprint density at radius 2 is 0.920 bits per heavy atom. The Hall–Kier alpha value is -8.52. The van der Waals surface area contributed by atoms with E-state index in [1.165, 1.54) is 47.7 Å². The molecule has 0 saturated heterocycles. The summed E-state index contributed by atoms with van der Waals surface area (Å²) in [5, 5.41) is 6.95. The Morgan fingerprint density at radius 3 is 1.64 bits per heavy atom. The third-order valence-corrected chi connectivity index (χ3v) is 17.1. The lowest BCUT2D eigenvalue weighted by Gasteiger charge is -2.44. The third kappa shape index (κ3) is 6.70. The maximum Gasteiger partial charge on any atom is 0.252 e. The normalized spacial score (nSPS) is 13.4. The summed E-state index contributed by atoms with van der Waals surface area (Å²) in [5.74, 6) is 0. The zero-order chi connectivity index (χ0) is 50.5. The number of nitrogens with zero attached hydrogens (tertiary/aromatic N) is 3. The van der Waals surface area contributed by atoms with Gasteiger partial charge in [-0.05, 0) is 148 Å². The van der Waals surface area contributed by atoms with Gasteiger partial charge in [-0.1, -0.05) is 139 Å². The van der Waals surface area contributed by atoms with Gasteiger partial charge in [0.05, 0.1) is 11.1 Å². The molecule has 2 aliphatic rings. The molecule has 0 spiro atoms. The molecule has 75 heavy (non-hydrogen) atoms. The van der Waals surface area contributed by atoms with Gasteiger partial charge >= 0.3 is 0 Å². The van der Waals surface area contributed by atoms with Gasteiger partial charge in [0, 0.05) is 81.8 Å². The largest absolute Gasteiger partial charge is 0.456 e. The second kappa shape index (κ2) is 16.0. The summed E-state index contributed by atoms with van der Waals surface area (Å²) in [4.78, 5) is 7.49. The molecule has 15 rings (SSSR count). The summed E-state index contributed by atoms with van der Waals surface area (Å²) in [6, 6.07) is 76.5. The molecule has 0 amide bonds. The lowest BCUT2D eigenvalue weighted by molar-refractivity contribution is 0.590. The SMILES string of the molecule is CC(C)(C)c1ccc(N2c3cc(N(c4ccc5oc6ccccc6c5c4)c4ccc5sc6ccccc6c5c4)ccc3B3c4ccc5oc6ccccc6c5c4N(c4ccc(C(C)(C)C)cc4)c4cccc2c43)cc1. The molecule has 5 nitrogen and oxygen atoms in total. The van der Waals surface area contributed by atoms with Crippen molar-refractivity contribution in [3.05, 3.63) is 217 Å². The van der Waals surface area contributed by atoms with Crippen LogP contribution in [0.5, 0.6) is 0 Å². The van der Waals surface area contributed by atoms with Gasteiger partial charge in [-0.25, -0.2) is 0 Å². The summed E-state index contributed by atoms with van der Waals surface area (Å²) >= 11 is 1.85. The Labute approximate surface area is 440 Å². The highest BCUT2D eigenvalue weighted by Crippen LogP contribution is 2.50. The predicted octanol–water partition coefficient (Wildman–Crippen LogP) is 18.0. The first-order valence-electron chi connectivity index (χ1n) is 26.1. The van der Waals surface area contributed by atoms with Gasteiger partial charge in [0.25, 0.3) is 6.71 Å². The van der Waals surface area contributed by atoms with Crippen LogP contribution in [-0.4, -0.2) is 6.71 Å². The van der Waals surface area contributed by atoms with Gasteiger partial charge in [0.15, 0.2) is 0 Å². The van der Waals surface area contributed by atoms with Gasteiger partial charge in [-0.2, -0.15) is 0 Å². The molecule has 0 fully saturated rings. The Balaban J connectivity index is 1.01. The van der Waals surface area contributed by atoms with E-state index < -0.39 is 0 Å². The first-order chi connectivity index (χ1) is 36.4. The van der Waals surface area contributed by atoms with Crippen molar-refractivity contribution in [1.29, 1.82) is 0 Å². The first-order valence-corrected chi connectivity index (χ1v) is 26.9. The number of thiophene rings is 1. The highest BCUT2D eigenvalue weighted by molar-refractivity contribution is 7.25. The van der Waals surface area contributed by atoms with Crippen LogP contribution >= 0.6 is 11.3 Å². The molecule has 0 atom stereocenters. The summed E-state index contributed by atoms with van der Waals surface area (Å²) in [5.41, 5.74) is 19.9. The Morgan fingerprint density at radius 1 is 0.400 bits per heavy atom. The minimum atomic E-state index is -0.0980. The van der Waals surface area contributed by atoms with Crippen LogP contribution < -0.4 is 31.1 Å². The van der Waals surface area contributed by atoms with E-state index in [2.05, 4.69) is 256 Å². The minimum Gasteiger partial charge on any atom is -0.456 e. The second-order valence-electron chi connectivity index (χ2n) is 22.5. The molecular weight excluding hydrogens is 934 g/mol. The van der Waals surface area contributed by atoms with E-state index in [1.54, 1.807) is 0 Å². The molecule has 5 heterocycles. The maximum absolute atomic E-state index is 6.71. The molecule has 10 aromatic carbocycles. The van der Waals surface area contributed by atoms with Crippen molar-refractivity contribution in [2.75, 3.05) is 14.7 Å². The van der Waals surface area contributed by atoms with Crippen molar-refractivity contribution in [3.8, 4) is 0 Å². The van der Waals surface area contributed by atoms with Gasteiger partial charge in [-0.3, -0.25) is 0 Å². The average Bonchev–Trinajstić information content (AvgIpc) is 4.12. The Kier molecular flexibility index (Phi) is 9.39. The molecule has 7 heteroatoms. The molecule has 2 aliphatic heterocycles. The fraction of sp³-hybridized carbons (Fsp3) is 0.118. The van der Waals surface area contributed by atoms with Gasteiger partial charge in [0.1, 0.15) is 22.3 Å². The van der Waals surface area contributed by atoms with Crippen molar-refractivity contribution in [3.63, 3.8) is 0 Å². The Bertz CT molecular complexity index is 4360. The van der Waals surface area contributed by atoms with Gasteiger partial charge in [-0.15, -0.1) is 11.3 Å². The zero-order valence-corrected chi connectivity index (χ0v) is 43.6. The lowest BCUT2D eigenvalue weighted by atomic mass is 9.33. The summed E-state index contributed by atoms with van der Waals surface area (Å²) in [7, 11) is 0. The average molecular weight is 986 g/mol. The van der Waals surface area contributed by atoms with Crippen molar-refractivity contribution in [2.45, 2.75) is 52.4 Å². The molecule has 0 saturated carbocycles. The number of para-hydroxylation sites is 2. The molecule has 0 aliphatic carbocycles. The first kappa shape index (κ1) is 44.0. The molecule has 3 aromatic heterocycles. The number of anilines is 9. The van der Waals surface area contributed by atoms with Crippen molar-refractivity contribution >= 4 is 150 Å². The maximum atomic E-state index is 6.71. The third-order valence-electron chi connectivity index (χ3n) is 16.0. The summed E-state index contributed by atoms with van der Waals surface area (Å²) in [6.45, 7) is 13.6. The van der Waals surface area contributed by atoms with Crippen molar-refractivity contribution in [2.24, 2.45) is 0 Å². The van der Waals surface area contributed by atoms with Crippen LogP contribution in [0.1, 0.15) is 52.7 Å². The quantitative estimate of drug-likeness (QED) is 0.161. The minimum absolute atomic E-state index is 0.00531. The van der Waals surface area contributed by atoms with Crippen LogP contribution in [0, 0.1) is 0 Å². The topological polar surface area (TPSA) is 36.0 Å². The molecular formula is C68H52BN3O2S. The molecule has 13 aromatic rings. The van der Waals surface area contributed by atoms with E-state index in [-0.39, 0.29) is 17.5 Å². The molecule has 360 valence electrons. The molecule has 0 radical (unpaired) electrons. The van der Waals surface area contributed by atoms with Gasteiger partial charge < -0.3 is 23.5 Å². The van der Waals surface area contributed by atoms with Crippen LogP contribution in [-0.2, 0) is 10.8 Å². The highest BCUT2D eigenvalue weighted by Gasteiger charge is 2.44. The lowest BCUT2D eigenvalue weighted by Crippen LogP contribution is -2.61. The number of hydrogen-bond donors (Lipinski definition) is 0. The monoisotopic (exact) mass is 985 g/mol. The van der Waals surface area contributed by atoms with E-state index in [1.807, 2.05) is 17.4 Å². The molecule has 0 N–H and O–H groups in total. The number of rotatable bonds is 5. The zero-order valence-electron chi connectivity index (χ0n) is 42.8. The van der Waals surface area contributed by atoms with Crippen LogP contribution in [0.15, 0.2) is 215 Å². The fourth-order valence-electron chi connectivity index (χ4n) is 12.3. The number of furan rings is 2. The van der Waals surface area contributed by atoms with Gasteiger partial charge in [0.2, 0.25) is 0 Å². The highest BCUT2D eigenvalue weighted by atomic mass is 32.1. The molecule has 0 unspecified atom stereocenters. The van der Waals surface area contributed by atoms with Crippen LogP contribution in [0.2, 0.25) is 0 Å². The predicted molar refractivity (Wildman–Crippen MR) is 320 cm³/mol. The van der Waals surface area contributed by atoms with Crippen LogP contribution in [0.3, 0.4) is 0 Å². The summed E-state index contributed by atoms with van der Waals surface area (Å²) in [6.07, 6.45) is 0.